The first-order valence-electron chi connectivity index (χ1n) is 14.9. The van der Waals surface area contributed by atoms with Gasteiger partial charge in [0.05, 0.1) is 47.6 Å². The van der Waals surface area contributed by atoms with E-state index in [2.05, 4.69) is 15.3 Å². The number of carbonyl (C=O) groups excluding carboxylic acids is 2. The minimum Gasteiger partial charge on any atom is -0.335 e. The van der Waals surface area contributed by atoms with Crippen molar-refractivity contribution in [1.29, 1.82) is 0 Å². The fourth-order valence-corrected chi connectivity index (χ4v) is 6.07. The second kappa shape index (κ2) is 13.2. The molecule has 1 saturated carbocycles. The van der Waals surface area contributed by atoms with Crippen molar-refractivity contribution in [3.63, 3.8) is 0 Å². The molecule has 0 unspecified atom stereocenters. The largest absolute Gasteiger partial charge is 0.416 e. The van der Waals surface area contributed by atoms with Crippen molar-refractivity contribution in [1.82, 2.24) is 29.1 Å². The Balaban J connectivity index is 1.52. The van der Waals surface area contributed by atoms with Gasteiger partial charge in [0.15, 0.2) is 5.69 Å². The summed E-state index contributed by atoms with van der Waals surface area (Å²) < 4.78 is 44.4. The maximum Gasteiger partial charge on any atom is 0.416 e. The van der Waals surface area contributed by atoms with E-state index in [0.29, 0.717) is 42.9 Å². The van der Waals surface area contributed by atoms with Crippen molar-refractivity contribution < 1.29 is 22.8 Å². The molecule has 0 bridgehead atoms. The number of nitrogens with one attached hydrogen (secondary N) is 1. The molecule has 240 valence electrons. The smallest absolute Gasteiger partial charge is 0.335 e. The van der Waals surface area contributed by atoms with Crippen LogP contribution in [0.4, 0.5) is 23.7 Å². The van der Waals surface area contributed by atoms with Gasteiger partial charge in [-0.05, 0) is 89.0 Å². The van der Waals surface area contributed by atoms with Gasteiger partial charge in [0.1, 0.15) is 11.5 Å². The fourth-order valence-electron chi connectivity index (χ4n) is 6.07. The van der Waals surface area contributed by atoms with Crippen molar-refractivity contribution in [3.8, 4) is 22.8 Å². The number of benzene rings is 2. The molecule has 1 aliphatic rings. The van der Waals surface area contributed by atoms with Crippen molar-refractivity contribution in [3.05, 3.63) is 94.0 Å². The second-order valence-electron chi connectivity index (χ2n) is 11.8. The molecule has 0 atom stereocenters. The van der Waals surface area contributed by atoms with E-state index in [0.717, 1.165) is 34.1 Å². The lowest BCUT2D eigenvalue weighted by atomic mass is 9.83. The van der Waals surface area contributed by atoms with Crippen LogP contribution in [0.15, 0.2) is 65.6 Å². The predicted octanol–water partition coefficient (Wildman–Crippen LogP) is 6.01. The van der Waals surface area contributed by atoms with E-state index in [1.807, 2.05) is 19.0 Å². The van der Waals surface area contributed by atoms with E-state index >= 15 is 0 Å². The van der Waals surface area contributed by atoms with Crippen LogP contribution in [-0.2, 0) is 11.0 Å². The topological polar surface area (TPSA) is 98.5 Å². The molecular weight excluding hydrogens is 599 g/mol. The van der Waals surface area contributed by atoms with Crippen LogP contribution >= 0.6 is 0 Å². The highest BCUT2D eigenvalue weighted by atomic mass is 19.4. The van der Waals surface area contributed by atoms with E-state index in [1.54, 1.807) is 37.3 Å². The highest BCUT2D eigenvalue weighted by molar-refractivity contribution is 5.83. The second-order valence-corrected chi connectivity index (χ2v) is 11.8. The number of Topliss-reactive ketones (excluding diaryl/α,β-unsaturated/α-hetero) is 1. The monoisotopic (exact) mass is 633 g/mol. The van der Waals surface area contributed by atoms with Gasteiger partial charge in [0.2, 0.25) is 0 Å². The lowest BCUT2D eigenvalue weighted by Gasteiger charge is -2.29. The Labute approximate surface area is 263 Å². The highest BCUT2D eigenvalue weighted by Gasteiger charge is 2.33. The third-order valence-corrected chi connectivity index (χ3v) is 8.21. The molecule has 0 spiro atoms. The maximum atomic E-state index is 14.0. The predicted molar refractivity (Wildman–Crippen MR) is 166 cm³/mol. The Morgan fingerprint density at radius 3 is 2.37 bits per heavy atom. The summed E-state index contributed by atoms with van der Waals surface area (Å²) in [5.41, 5.74) is -0.0758. The van der Waals surface area contributed by atoms with E-state index in [-0.39, 0.29) is 34.8 Å². The zero-order chi connectivity index (χ0) is 33.2. The quantitative estimate of drug-likeness (QED) is 0.240. The highest BCUT2D eigenvalue weighted by Crippen LogP contribution is 2.33. The molecule has 46 heavy (non-hydrogen) atoms. The number of alkyl halides is 3. The lowest BCUT2D eigenvalue weighted by Crippen LogP contribution is -2.44. The van der Waals surface area contributed by atoms with E-state index < -0.39 is 23.5 Å². The zero-order valence-electron chi connectivity index (χ0n) is 25.7. The number of likely N-dealkylation sites (N-methyl/N-ethyl adjacent to an activating group) is 1. The molecule has 2 aromatic carbocycles. The van der Waals surface area contributed by atoms with Crippen molar-refractivity contribution in [2.45, 2.75) is 51.2 Å². The van der Waals surface area contributed by atoms with Crippen LogP contribution in [0.2, 0.25) is 0 Å². The molecule has 1 N–H and O–H groups in total. The third-order valence-electron chi connectivity index (χ3n) is 8.21. The fraction of sp³-hybridized carbons (Fsp3) is 0.364. The average Bonchev–Trinajstić information content (AvgIpc) is 3.59. The summed E-state index contributed by atoms with van der Waals surface area (Å²) >= 11 is 0. The Morgan fingerprint density at radius 1 is 1.04 bits per heavy atom. The molecule has 10 nitrogen and oxygen atoms in total. The first kappa shape index (κ1) is 32.4. The lowest BCUT2D eigenvalue weighted by molar-refractivity contribution is -0.137. The van der Waals surface area contributed by atoms with Gasteiger partial charge in [-0.25, -0.2) is 23.7 Å². The van der Waals surface area contributed by atoms with E-state index in [9.17, 15) is 27.6 Å². The summed E-state index contributed by atoms with van der Waals surface area (Å²) in [6, 6.07) is 11.6. The molecule has 2 heterocycles. The third kappa shape index (κ3) is 6.82. The Morgan fingerprint density at radius 2 is 1.74 bits per heavy atom. The Hall–Kier alpha value is -4.96. The SMILES string of the molecule is [C-]#[N+]c1ccc(-n2nccc2-c2c(C)n(-c3cccc(C(F)(F)F)c3)c(=O)n2C(=O)NC2CCC(CC(=O)CN(C)C)CC2)cc1. The van der Waals surface area contributed by atoms with Gasteiger partial charge in [0, 0.05) is 12.5 Å². The van der Waals surface area contributed by atoms with Gasteiger partial charge in [-0.15, -0.1) is 0 Å². The number of aromatic nitrogens is 4. The van der Waals surface area contributed by atoms with Crippen LogP contribution in [0.3, 0.4) is 0 Å². The van der Waals surface area contributed by atoms with Crippen LogP contribution in [0.25, 0.3) is 27.6 Å². The molecule has 0 saturated heterocycles. The molecule has 0 radical (unpaired) electrons. The maximum absolute atomic E-state index is 14.0. The number of halogens is 3. The van der Waals surface area contributed by atoms with Crippen molar-refractivity contribution in [2.24, 2.45) is 5.92 Å². The van der Waals surface area contributed by atoms with Crippen LogP contribution in [-0.4, -0.2) is 62.3 Å². The van der Waals surface area contributed by atoms with Crippen molar-refractivity contribution in [2.75, 3.05) is 20.6 Å². The summed E-state index contributed by atoms with van der Waals surface area (Å²) in [5.74, 6) is 0.382. The summed E-state index contributed by atoms with van der Waals surface area (Å²) in [5, 5.41) is 7.35. The van der Waals surface area contributed by atoms with Crippen LogP contribution in [0, 0.1) is 19.4 Å². The summed E-state index contributed by atoms with van der Waals surface area (Å²) in [7, 11) is 3.70. The number of ketones is 1. The zero-order valence-corrected chi connectivity index (χ0v) is 25.7. The van der Waals surface area contributed by atoms with Gasteiger partial charge in [-0.2, -0.15) is 18.3 Å². The number of amides is 1. The molecule has 4 aromatic rings. The first-order valence-corrected chi connectivity index (χ1v) is 14.9. The number of nitrogens with zero attached hydrogens (tertiary/aromatic N) is 6. The number of imidazole rings is 1. The molecule has 5 rings (SSSR count). The van der Waals surface area contributed by atoms with E-state index in [4.69, 9.17) is 6.57 Å². The molecule has 1 amide bonds. The minimum atomic E-state index is -4.64. The minimum absolute atomic E-state index is 0.0412. The number of rotatable bonds is 8. The first-order chi connectivity index (χ1) is 21.9. The molecular formula is C33H34F3N7O3. The van der Waals surface area contributed by atoms with Crippen LogP contribution in [0.1, 0.15) is 43.4 Å². The molecule has 2 aromatic heterocycles. The standard InChI is InChI=1S/C33H34F3N7O3/c1-21-30(29-16-17-38-43(29)26-14-12-24(37-2)13-15-26)42(32(46)41(21)27-7-5-6-23(19-27)33(34,35)36)31(45)39-25-10-8-22(9-11-25)18-28(44)20-40(3)4/h5-7,12-17,19,22,25H,8-11,18,20H2,1,3-4H3,(H,39,45). The average molecular weight is 634 g/mol. The summed E-state index contributed by atoms with van der Waals surface area (Å²) in [6.07, 6.45) is 0.0469. The molecule has 0 aliphatic heterocycles. The molecule has 1 fully saturated rings. The van der Waals surface area contributed by atoms with Crippen molar-refractivity contribution >= 4 is 17.5 Å². The van der Waals surface area contributed by atoms with Gasteiger partial charge < -0.3 is 10.2 Å². The summed E-state index contributed by atoms with van der Waals surface area (Å²) in [6.45, 7) is 9.18. The number of carbonyl (C=O) groups is 2. The molecule has 1 aliphatic carbocycles. The normalized spacial score (nSPS) is 16.7. The van der Waals surface area contributed by atoms with E-state index in [1.165, 1.54) is 23.0 Å². The number of hydrogen-bond donors (Lipinski definition) is 1. The van der Waals surface area contributed by atoms with Crippen LogP contribution in [0.5, 0.6) is 0 Å². The molecule has 13 heteroatoms. The Bertz CT molecular complexity index is 1840. The van der Waals surface area contributed by atoms with Gasteiger partial charge in [0.25, 0.3) is 0 Å². The van der Waals surface area contributed by atoms with Gasteiger partial charge in [-0.3, -0.25) is 9.36 Å². The van der Waals surface area contributed by atoms with Crippen LogP contribution < -0.4 is 11.0 Å². The number of hydrogen-bond acceptors (Lipinski definition) is 5. The summed E-state index contributed by atoms with van der Waals surface area (Å²) in [4.78, 5) is 45.5. The van der Waals surface area contributed by atoms with Gasteiger partial charge in [-0.1, -0.05) is 18.2 Å². The Kier molecular flexibility index (Phi) is 9.29. The van der Waals surface area contributed by atoms with Gasteiger partial charge >= 0.3 is 17.9 Å².